The lowest BCUT2D eigenvalue weighted by Crippen LogP contribution is -2.32. The van der Waals surface area contributed by atoms with Gasteiger partial charge >= 0.3 is 0 Å². The van der Waals surface area contributed by atoms with Gasteiger partial charge in [0, 0.05) is 16.5 Å². The molecular formula is C12H23NS. The molecule has 0 aromatic rings. The van der Waals surface area contributed by atoms with Gasteiger partial charge in [0.2, 0.25) is 0 Å². The smallest absolute Gasteiger partial charge is 0.00746 e. The quantitative estimate of drug-likeness (QED) is 0.772. The Labute approximate surface area is 92.4 Å². The lowest BCUT2D eigenvalue weighted by molar-refractivity contribution is 0.402. The van der Waals surface area contributed by atoms with E-state index >= 15 is 0 Å². The molecule has 2 aliphatic rings. The van der Waals surface area contributed by atoms with Gasteiger partial charge in [-0.2, -0.15) is 11.8 Å². The van der Waals surface area contributed by atoms with Crippen LogP contribution in [-0.4, -0.2) is 23.6 Å². The number of hydrogen-bond acceptors (Lipinski definition) is 2. The lowest BCUT2D eigenvalue weighted by Gasteiger charge is -2.30. The summed E-state index contributed by atoms with van der Waals surface area (Å²) >= 11 is 2.31. The molecule has 14 heavy (non-hydrogen) atoms. The second-order valence-electron chi connectivity index (χ2n) is 4.82. The highest BCUT2D eigenvalue weighted by atomic mass is 32.2. The van der Waals surface area contributed by atoms with Crippen LogP contribution in [0.2, 0.25) is 0 Å². The molecule has 82 valence electrons. The largest absolute Gasteiger partial charge is 0.317 e. The van der Waals surface area contributed by atoms with Crippen LogP contribution in [0.1, 0.15) is 51.4 Å². The Morgan fingerprint density at radius 1 is 0.929 bits per heavy atom. The van der Waals surface area contributed by atoms with Crippen LogP contribution in [0.4, 0.5) is 0 Å². The summed E-state index contributed by atoms with van der Waals surface area (Å²) in [6.07, 6.45) is 11.7. The van der Waals surface area contributed by atoms with Crippen molar-refractivity contribution >= 4 is 11.8 Å². The predicted molar refractivity (Wildman–Crippen MR) is 65.0 cm³/mol. The lowest BCUT2D eigenvalue weighted by atomic mass is 9.95. The third kappa shape index (κ3) is 2.90. The zero-order chi connectivity index (χ0) is 9.80. The molecule has 1 nitrogen and oxygen atoms in total. The van der Waals surface area contributed by atoms with E-state index in [4.69, 9.17) is 0 Å². The Kier molecular flexibility index (Phi) is 4.18. The van der Waals surface area contributed by atoms with Crippen molar-refractivity contribution in [3.63, 3.8) is 0 Å². The molecule has 2 heteroatoms. The van der Waals surface area contributed by atoms with Crippen molar-refractivity contribution in [2.45, 2.75) is 67.9 Å². The molecule has 0 bridgehead atoms. The van der Waals surface area contributed by atoms with Crippen molar-refractivity contribution in [1.29, 1.82) is 0 Å². The molecule has 1 N–H and O–H groups in total. The summed E-state index contributed by atoms with van der Waals surface area (Å²) < 4.78 is 0. The van der Waals surface area contributed by atoms with E-state index in [1.807, 2.05) is 0 Å². The van der Waals surface area contributed by atoms with Crippen LogP contribution >= 0.6 is 11.8 Å². The summed E-state index contributed by atoms with van der Waals surface area (Å²) in [5, 5.41) is 5.42. The second-order valence-corrected chi connectivity index (χ2v) is 6.42. The molecule has 2 unspecified atom stereocenters. The number of thioether (sulfide) groups is 1. The average molecular weight is 213 g/mol. The molecule has 0 radical (unpaired) electrons. The van der Waals surface area contributed by atoms with E-state index < -0.39 is 0 Å². The first-order valence-corrected chi connectivity index (χ1v) is 7.15. The van der Waals surface area contributed by atoms with Gasteiger partial charge in [-0.1, -0.05) is 19.3 Å². The van der Waals surface area contributed by atoms with Gasteiger partial charge in [0.25, 0.3) is 0 Å². The summed E-state index contributed by atoms with van der Waals surface area (Å²) in [5.74, 6) is 0. The van der Waals surface area contributed by atoms with Gasteiger partial charge < -0.3 is 5.32 Å². The van der Waals surface area contributed by atoms with Gasteiger partial charge in [-0.25, -0.2) is 0 Å². The van der Waals surface area contributed by atoms with E-state index in [0.29, 0.717) is 0 Å². The van der Waals surface area contributed by atoms with Crippen LogP contribution < -0.4 is 5.32 Å². The SMILES string of the molecule is CNC1CCCC(SC2CCCC2)C1. The first-order valence-electron chi connectivity index (χ1n) is 6.21. The first kappa shape index (κ1) is 10.8. The summed E-state index contributed by atoms with van der Waals surface area (Å²) in [7, 11) is 2.12. The van der Waals surface area contributed by atoms with Crippen molar-refractivity contribution in [3.05, 3.63) is 0 Å². The van der Waals surface area contributed by atoms with E-state index in [-0.39, 0.29) is 0 Å². The van der Waals surface area contributed by atoms with E-state index in [0.717, 1.165) is 16.5 Å². The van der Waals surface area contributed by atoms with Crippen LogP contribution in [0.3, 0.4) is 0 Å². The van der Waals surface area contributed by atoms with Gasteiger partial charge in [-0.15, -0.1) is 0 Å². The Bertz CT molecular complexity index is 166. The zero-order valence-corrected chi connectivity index (χ0v) is 10.1. The van der Waals surface area contributed by atoms with E-state index in [9.17, 15) is 0 Å². The molecule has 2 fully saturated rings. The van der Waals surface area contributed by atoms with Crippen LogP contribution in [0.15, 0.2) is 0 Å². The molecule has 2 rings (SSSR count). The second kappa shape index (κ2) is 5.41. The molecular weight excluding hydrogens is 190 g/mol. The van der Waals surface area contributed by atoms with Crippen LogP contribution in [-0.2, 0) is 0 Å². The highest BCUT2D eigenvalue weighted by Crippen LogP contribution is 2.37. The molecule has 2 saturated carbocycles. The first-order chi connectivity index (χ1) is 6.88. The van der Waals surface area contributed by atoms with Gasteiger partial charge in [-0.3, -0.25) is 0 Å². The van der Waals surface area contributed by atoms with Crippen LogP contribution in [0, 0.1) is 0 Å². The fourth-order valence-electron chi connectivity index (χ4n) is 2.83. The minimum Gasteiger partial charge on any atom is -0.317 e. The molecule has 0 aliphatic heterocycles. The van der Waals surface area contributed by atoms with Gasteiger partial charge in [-0.05, 0) is 39.2 Å². The zero-order valence-electron chi connectivity index (χ0n) is 9.30. The fourth-order valence-corrected chi connectivity index (χ4v) is 4.62. The number of hydrogen-bond donors (Lipinski definition) is 1. The Morgan fingerprint density at radius 2 is 1.64 bits per heavy atom. The van der Waals surface area contributed by atoms with Crippen molar-refractivity contribution < 1.29 is 0 Å². The molecule has 0 saturated heterocycles. The molecule has 0 aromatic heterocycles. The van der Waals surface area contributed by atoms with Crippen molar-refractivity contribution in [2.75, 3.05) is 7.05 Å². The van der Waals surface area contributed by atoms with Crippen molar-refractivity contribution in [2.24, 2.45) is 0 Å². The fraction of sp³-hybridized carbons (Fsp3) is 1.00. The van der Waals surface area contributed by atoms with Gasteiger partial charge in [0.05, 0.1) is 0 Å². The van der Waals surface area contributed by atoms with E-state index in [1.54, 1.807) is 0 Å². The highest BCUT2D eigenvalue weighted by molar-refractivity contribution is 8.00. The summed E-state index contributed by atoms with van der Waals surface area (Å²) in [6.45, 7) is 0. The minimum absolute atomic E-state index is 0.808. The summed E-state index contributed by atoms with van der Waals surface area (Å²) in [5.41, 5.74) is 0. The maximum atomic E-state index is 3.45. The Morgan fingerprint density at radius 3 is 2.36 bits per heavy atom. The number of nitrogens with one attached hydrogen (secondary N) is 1. The average Bonchev–Trinajstić information content (AvgIpc) is 2.71. The van der Waals surface area contributed by atoms with Crippen molar-refractivity contribution in [1.82, 2.24) is 5.32 Å². The molecule has 0 spiro atoms. The van der Waals surface area contributed by atoms with Crippen LogP contribution in [0.25, 0.3) is 0 Å². The Hall–Kier alpha value is 0.310. The standard InChI is InChI=1S/C12H23NS/c1-13-10-5-4-8-12(9-10)14-11-6-2-3-7-11/h10-13H,2-9H2,1H3. The predicted octanol–water partition coefficient (Wildman–Crippen LogP) is 3.19. The molecule has 2 aliphatic carbocycles. The van der Waals surface area contributed by atoms with Crippen LogP contribution in [0.5, 0.6) is 0 Å². The maximum Gasteiger partial charge on any atom is 0.00746 e. The molecule has 0 aromatic carbocycles. The van der Waals surface area contributed by atoms with Crippen molar-refractivity contribution in [3.8, 4) is 0 Å². The highest BCUT2D eigenvalue weighted by Gasteiger charge is 2.25. The van der Waals surface area contributed by atoms with Gasteiger partial charge in [0.15, 0.2) is 0 Å². The minimum atomic E-state index is 0.808. The third-order valence-corrected chi connectivity index (χ3v) is 5.39. The maximum absolute atomic E-state index is 3.45. The molecule has 2 atom stereocenters. The summed E-state index contributed by atoms with van der Waals surface area (Å²) in [6, 6.07) is 0.808. The molecule has 0 heterocycles. The Balaban J connectivity index is 1.73. The topological polar surface area (TPSA) is 12.0 Å². The van der Waals surface area contributed by atoms with E-state index in [1.165, 1.54) is 51.4 Å². The third-order valence-electron chi connectivity index (χ3n) is 3.72. The normalized spacial score (nSPS) is 34.9. The summed E-state index contributed by atoms with van der Waals surface area (Å²) in [4.78, 5) is 0. The molecule has 0 amide bonds. The monoisotopic (exact) mass is 213 g/mol. The van der Waals surface area contributed by atoms with E-state index in [2.05, 4.69) is 24.1 Å². The van der Waals surface area contributed by atoms with Gasteiger partial charge in [0.1, 0.15) is 0 Å². The number of rotatable bonds is 3.